The van der Waals surface area contributed by atoms with E-state index in [1.807, 2.05) is 18.7 Å². The summed E-state index contributed by atoms with van der Waals surface area (Å²) in [7, 11) is 1.50. The van der Waals surface area contributed by atoms with Gasteiger partial charge in [-0.15, -0.1) is 10.2 Å². The topological polar surface area (TPSA) is 87.7 Å². The zero-order valence-electron chi connectivity index (χ0n) is 15.2. The molecule has 8 nitrogen and oxygen atoms in total. The van der Waals surface area contributed by atoms with Crippen molar-refractivity contribution in [1.29, 1.82) is 0 Å². The zero-order chi connectivity index (χ0) is 18.2. The normalized spacial score (nSPS) is 15.6. The van der Waals surface area contributed by atoms with Gasteiger partial charge in [0.25, 0.3) is 5.91 Å². The molecule has 8 heteroatoms. The van der Waals surface area contributed by atoms with Crippen LogP contribution in [0, 0.1) is 0 Å². The first-order valence-electron chi connectivity index (χ1n) is 8.76. The van der Waals surface area contributed by atoms with Gasteiger partial charge in [-0.25, -0.2) is 0 Å². The summed E-state index contributed by atoms with van der Waals surface area (Å²) in [5.74, 6) is 0.316. The van der Waals surface area contributed by atoms with Crippen molar-refractivity contribution in [2.24, 2.45) is 0 Å². The number of likely N-dealkylation sites (N-methyl/N-ethyl adjacent to an activating group) is 1. The molecule has 0 saturated carbocycles. The molecule has 0 aliphatic carbocycles. The van der Waals surface area contributed by atoms with Crippen molar-refractivity contribution in [1.82, 2.24) is 25.3 Å². The summed E-state index contributed by atoms with van der Waals surface area (Å²) < 4.78 is 4.93. The van der Waals surface area contributed by atoms with Gasteiger partial charge >= 0.3 is 0 Å². The number of nitrogens with one attached hydrogen (secondary N) is 1. The fraction of sp³-hybridized carbons (Fsp3) is 0.647. The number of rotatable bonds is 7. The maximum Gasteiger partial charge on any atom is 0.272 e. The number of hydrogen-bond acceptors (Lipinski definition) is 6. The Balaban J connectivity index is 1.77. The average Bonchev–Trinajstić information content (AvgIpc) is 2.64. The Morgan fingerprint density at radius 3 is 2.44 bits per heavy atom. The molecule has 0 radical (unpaired) electrons. The Kier molecular flexibility index (Phi) is 7.12. The number of methoxy groups -OCH3 is 1. The minimum absolute atomic E-state index is 0.0937. The quantitative estimate of drug-likeness (QED) is 0.773. The summed E-state index contributed by atoms with van der Waals surface area (Å²) in [6.45, 7) is 7.51. The van der Waals surface area contributed by atoms with Crippen molar-refractivity contribution in [3.8, 4) is 5.88 Å². The highest BCUT2D eigenvalue weighted by atomic mass is 16.5. The minimum Gasteiger partial charge on any atom is -0.480 e. The average molecular weight is 349 g/mol. The Labute approximate surface area is 148 Å². The fourth-order valence-electron chi connectivity index (χ4n) is 2.91. The molecule has 2 amide bonds. The standard InChI is InChI=1S/C17H27N5O3/c1-4-22(5-2)16(23)12-21-10-8-13(9-11-21)18-17(24)14-6-7-15(25-3)20-19-14/h6-7,13H,4-5,8-12H2,1-3H3,(H,18,24). The summed E-state index contributed by atoms with van der Waals surface area (Å²) in [6.07, 6.45) is 1.64. The summed E-state index contributed by atoms with van der Waals surface area (Å²) in [5.41, 5.74) is 0.278. The number of hydrogen-bond donors (Lipinski definition) is 1. The highest BCUT2D eigenvalue weighted by Gasteiger charge is 2.24. The van der Waals surface area contributed by atoms with Crippen LogP contribution in [0.4, 0.5) is 0 Å². The van der Waals surface area contributed by atoms with Crippen LogP contribution in [0.25, 0.3) is 0 Å². The molecular formula is C17H27N5O3. The van der Waals surface area contributed by atoms with Crippen molar-refractivity contribution in [2.45, 2.75) is 32.7 Å². The summed E-state index contributed by atoms with van der Waals surface area (Å²) in [5, 5.41) is 10.7. The van der Waals surface area contributed by atoms with Gasteiger partial charge in [0.15, 0.2) is 5.69 Å². The lowest BCUT2D eigenvalue weighted by Gasteiger charge is -2.33. The number of likely N-dealkylation sites (tertiary alicyclic amines) is 1. The number of piperidine rings is 1. The van der Waals surface area contributed by atoms with Crippen LogP contribution in [0.1, 0.15) is 37.2 Å². The van der Waals surface area contributed by atoms with Crippen molar-refractivity contribution in [3.63, 3.8) is 0 Å². The van der Waals surface area contributed by atoms with Gasteiger partial charge in [-0.1, -0.05) is 0 Å². The van der Waals surface area contributed by atoms with Crippen LogP contribution >= 0.6 is 0 Å². The van der Waals surface area contributed by atoms with Gasteiger partial charge in [0.2, 0.25) is 11.8 Å². The molecule has 0 bridgehead atoms. The van der Waals surface area contributed by atoms with E-state index in [-0.39, 0.29) is 23.6 Å². The van der Waals surface area contributed by atoms with Crippen LogP contribution in [0.2, 0.25) is 0 Å². The smallest absolute Gasteiger partial charge is 0.272 e. The van der Waals surface area contributed by atoms with Crippen LogP contribution in [-0.4, -0.2) is 77.7 Å². The Morgan fingerprint density at radius 2 is 1.92 bits per heavy atom. The minimum atomic E-state index is -0.229. The predicted octanol–water partition coefficient (Wildman–Crippen LogP) is 0.548. The second kappa shape index (κ2) is 9.31. The second-order valence-corrected chi connectivity index (χ2v) is 6.05. The molecule has 2 rings (SSSR count). The van der Waals surface area contributed by atoms with Crippen molar-refractivity contribution >= 4 is 11.8 Å². The van der Waals surface area contributed by atoms with E-state index in [9.17, 15) is 9.59 Å². The maximum absolute atomic E-state index is 12.2. The monoisotopic (exact) mass is 349 g/mol. The van der Waals surface area contributed by atoms with Crippen molar-refractivity contribution < 1.29 is 14.3 Å². The molecule has 1 fully saturated rings. The highest BCUT2D eigenvalue weighted by molar-refractivity contribution is 5.92. The lowest BCUT2D eigenvalue weighted by molar-refractivity contribution is -0.132. The molecule has 1 aromatic rings. The molecule has 0 atom stereocenters. The van der Waals surface area contributed by atoms with E-state index in [1.54, 1.807) is 12.1 Å². The van der Waals surface area contributed by atoms with Crippen LogP contribution in [0.15, 0.2) is 12.1 Å². The number of aromatic nitrogens is 2. The van der Waals surface area contributed by atoms with E-state index in [4.69, 9.17) is 4.74 Å². The number of nitrogens with zero attached hydrogens (tertiary/aromatic N) is 4. The number of amides is 2. The molecule has 1 saturated heterocycles. The van der Waals surface area contributed by atoms with E-state index in [0.717, 1.165) is 39.0 Å². The number of carbonyl (C=O) groups excluding carboxylic acids is 2. The first-order valence-corrected chi connectivity index (χ1v) is 8.76. The molecule has 1 N–H and O–H groups in total. The first kappa shape index (κ1) is 19.1. The van der Waals surface area contributed by atoms with Gasteiger partial charge in [0, 0.05) is 38.3 Å². The third kappa shape index (κ3) is 5.38. The molecule has 0 spiro atoms. The van der Waals surface area contributed by atoms with Crippen LogP contribution in [0.5, 0.6) is 5.88 Å². The van der Waals surface area contributed by atoms with Crippen molar-refractivity contribution in [3.05, 3.63) is 17.8 Å². The molecule has 2 heterocycles. The van der Waals surface area contributed by atoms with E-state index in [1.165, 1.54) is 7.11 Å². The molecule has 1 aliphatic heterocycles. The summed E-state index contributed by atoms with van der Waals surface area (Å²) in [4.78, 5) is 28.4. The number of ether oxygens (including phenoxy) is 1. The summed E-state index contributed by atoms with van der Waals surface area (Å²) in [6, 6.07) is 3.30. The Hall–Kier alpha value is -2.22. The molecule has 138 valence electrons. The van der Waals surface area contributed by atoms with Gasteiger partial charge in [-0.05, 0) is 32.8 Å². The Morgan fingerprint density at radius 1 is 1.24 bits per heavy atom. The molecule has 0 unspecified atom stereocenters. The number of carbonyl (C=O) groups is 2. The molecule has 0 aromatic carbocycles. The third-order valence-corrected chi connectivity index (χ3v) is 4.48. The Bertz CT molecular complexity index is 566. The molecule has 1 aliphatic rings. The van der Waals surface area contributed by atoms with Crippen molar-refractivity contribution in [2.75, 3.05) is 39.8 Å². The van der Waals surface area contributed by atoms with Crippen LogP contribution in [0.3, 0.4) is 0 Å². The lowest BCUT2D eigenvalue weighted by atomic mass is 10.0. The highest BCUT2D eigenvalue weighted by Crippen LogP contribution is 2.12. The zero-order valence-corrected chi connectivity index (χ0v) is 15.2. The fourth-order valence-corrected chi connectivity index (χ4v) is 2.91. The molecule has 25 heavy (non-hydrogen) atoms. The third-order valence-electron chi connectivity index (χ3n) is 4.48. The van der Waals surface area contributed by atoms with E-state index >= 15 is 0 Å². The van der Waals surface area contributed by atoms with Gasteiger partial charge in [-0.2, -0.15) is 0 Å². The SMILES string of the molecule is CCN(CC)C(=O)CN1CCC(NC(=O)c2ccc(OC)nn2)CC1. The predicted molar refractivity (Wildman–Crippen MR) is 93.4 cm³/mol. The molecular weight excluding hydrogens is 322 g/mol. The van der Waals surface area contributed by atoms with E-state index in [0.29, 0.717) is 12.4 Å². The van der Waals surface area contributed by atoms with Gasteiger partial charge in [-0.3, -0.25) is 14.5 Å². The van der Waals surface area contributed by atoms with Crippen LogP contribution in [-0.2, 0) is 4.79 Å². The van der Waals surface area contributed by atoms with Gasteiger partial charge < -0.3 is 15.0 Å². The van der Waals surface area contributed by atoms with Crippen LogP contribution < -0.4 is 10.1 Å². The second-order valence-electron chi connectivity index (χ2n) is 6.05. The largest absolute Gasteiger partial charge is 0.480 e. The molecule has 1 aromatic heterocycles. The van der Waals surface area contributed by atoms with E-state index in [2.05, 4.69) is 20.4 Å². The van der Waals surface area contributed by atoms with E-state index < -0.39 is 0 Å². The van der Waals surface area contributed by atoms with Gasteiger partial charge in [0.05, 0.1) is 13.7 Å². The summed E-state index contributed by atoms with van der Waals surface area (Å²) >= 11 is 0. The first-order chi connectivity index (χ1) is 12.1. The lowest BCUT2D eigenvalue weighted by Crippen LogP contribution is -2.48. The maximum atomic E-state index is 12.2. The van der Waals surface area contributed by atoms with Gasteiger partial charge in [0.1, 0.15) is 0 Å².